The fraction of sp³-hybridized carbons (Fsp3) is 0.562. The Kier molecular flexibility index (Phi) is 7.38. The Morgan fingerprint density at radius 3 is 2.50 bits per heavy atom. The van der Waals surface area contributed by atoms with Crippen LogP contribution in [0.1, 0.15) is 43.7 Å². The summed E-state index contributed by atoms with van der Waals surface area (Å²) >= 11 is 0. The summed E-state index contributed by atoms with van der Waals surface area (Å²) in [5.41, 5.74) is -0.505. The molecule has 1 aromatic rings. The predicted molar refractivity (Wildman–Crippen MR) is 80.6 cm³/mol. The average Bonchev–Trinajstić information content (AvgIpc) is 2.46. The molecule has 0 fully saturated rings. The van der Waals surface area contributed by atoms with Gasteiger partial charge >= 0.3 is 6.18 Å². The van der Waals surface area contributed by atoms with Gasteiger partial charge in [0.2, 0.25) is 5.91 Å². The lowest BCUT2D eigenvalue weighted by atomic mass is 9.92. The predicted octanol–water partition coefficient (Wildman–Crippen LogP) is 3.31. The van der Waals surface area contributed by atoms with Crippen molar-refractivity contribution in [3.8, 4) is 0 Å². The number of hydrogen-bond donors (Lipinski definition) is 2. The Hall–Kier alpha value is -1.56. The second-order valence-corrected chi connectivity index (χ2v) is 5.29. The smallest absolute Gasteiger partial charge is 0.355 e. The number of alkyl halides is 3. The van der Waals surface area contributed by atoms with Gasteiger partial charge in [-0.15, -0.1) is 0 Å². The van der Waals surface area contributed by atoms with Gasteiger partial charge in [0, 0.05) is 19.5 Å². The van der Waals surface area contributed by atoms with Gasteiger partial charge in [0.05, 0.1) is 5.56 Å². The maximum Gasteiger partial charge on any atom is 0.416 e. The number of benzene rings is 1. The summed E-state index contributed by atoms with van der Waals surface area (Å²) in [6.45, 7) is 5.70. The summed E-state index contributed by atoms with van der Waals surface area (Å²) in [5.74, 6) is -0.718. The summed E-state index contributed by atoms with van der Waals surface area (Å²) < 4.78 is 38.9. The van der Waals surface area contributed by atoms with Gasteiger partial charge < -0.3 is 10.6 Å². The third-order valence-electron chi connectivity index (χ3n) is 3.34. The number of nitrogens with one attached hydrogen (secondary N) is 2. The minimum absolute atomic E-state index is 0.0425. The van der Waals surface area contributed by atoms with Crippen LogP contribution in [-0.2, 0) is 11.0 Å². The van der Waals surface area contributed by atoms with E-state index in [0.29, 0.717) is 13.1 Å². The van der Waals surface area contributed by atoms with Gasteiger partial charge in [-0.1, -0.05) is 32.0 Å². The number of rotatable bonds is 8. The average molecular weight is 316 g/mol. The van der Waals surface area contributed by atoms with Crippen molar-refractivity contribution in [1.29, 1.82) is 0 Å². The van der Waals surface area contributed by atoms with Crippen molar-refractivity contribution in [2.75, 3.05) is 19.6 Å². The van der Waals surface area contributed by atoms with Crippen LogP contribution in [-0.4, -0.2) is 25.5 Å². The van der Waals surface area contributed by atoms with E-state index in [1.165, 1.54) is 12.1 Å². The number of hydrogen-bond acceptors (Lipinski definition) is 2. The van der Waals surface area contributed by atoms with Gasteiger partial charge in [0.25, 0.3) is 0 Å². The zero-order valence-electron chi connectivity index (χ0n) is 13.0. The summed E-state index contributed by atoms with van der Waals surface area (Å²) in [4.78, 5) is 11.8. The molecule has 0 aliphatic rings. The number of amides is 1. The molecule has 22 heavy (non-hydrogen) atoms. The Labute approximate surface area is 129 Å². The Morgan fingerprint density at radius 2 is 1.86 bits per heavy atom. The van der Waals surface area contributed by atoms with Crippen molar-refractivity contribution in [1.82, 2.24) is 10.6 Å². The third kappa shape index (κ3) is 6.05. The van der Waals surface area contributed by atoms with E-state index < -0.39 is 17.7 Å². The van der Waals surface area contributed by atoms with Crippen molar-refractivity contribution in [2.24, 2.45) is 0 Å². The monoisotopic (exact) mass is 316 g/mol. The normalized spacial score (nSPS) is 13.0. The summed E-state index contributed by atoms with van der Waals surface area (Å²) in [6, 6.07) is 5.41. The molecule has 6 heteroatoms. The molecule has 1 rings (SSSR count). The molecule has 0 radical (unpaired) electrons. The largest absolute Gasteiger partial charge is 0.416 e. The first-order valence-electron chi connectivity index (χ1n) is 7.49. The molecule has 0 spiro atoms. The van der Waals surface area contributed by atoms with Gasteiger partial charge in [-0.2, -0.15) is 13.2 Å². The van der Waals surface area contributed by atoms with Crippen molar-refractivity contribution in [2.45, 2.75) is 38.8 Å². The highest BCUT2D eigenvalue weighted by Gasteiger charge is 2.34. The highest BCUT2D eigenvalue weighted by molar-refractivity contribution is 5.76. The van der Waals surface area contributed by atoms with E-state index in [9.17, 15) is 18.0 Å². The van der Waals surface area contributed by atoms with Crippen molar-refractivity contribution >= 4 is 5.91 Å². The fourth-order valence-electron chi connectivity index (χ4n) is 2.24. The molecule has 1 aromatic carbocycles. The van der Waals surface area contributed by atoms with Crippen LogP contribution in [0.3, 0.4) is 0 Å². The van der Waals surface area contributed by atoms with E-state index in [4.69, 9.17) is 0 Å². The Morgan fingerprint density at radius 1 is 1.18 bits per heavy atom. The molecule has 0 bridgehead atoms. The van der Waals surface area contributed by atoms with Crippen LogP contribution in [0.2, 0.25) is 0 Å². The van der Waals surface area contributed by atoms with Gasteiger partial charge in [-0.05, 0) is 30.5 Å². The summed E-state index contributed by atoms with van der Waals surface area (Å²) in [5, 5.41) is 5.86. The Balaban J connectivity index is 2.55. The minimum Gasteiger partial charge on any atom is -0.355 e. The lowest BCUT2D eigenvalue weighted by Crippen LogP contribution is -2.32. The minimum atomic E-state index is -4.40. The van der Waals surface area contributed by atoms with Gasteiger partial charge in [-0.3, -0.25) is 4.79 Å². The maximum atomic E-state index is 13.0. The lowest BCUT2D eigenvalue weighted by Gasteiger charge is -2.18. The van der Waals surface area contributed by atoms with E-state index in [1.807, 2.05) is 6.92 Å². The van der Waals surface area contributed by atoms with Crippen molar-refractivity contribution in [3.63, 3.8) is 0 Å². The van der Waals surface area contributed by atoms with Crippen LogP contribution in [0, 0.1) is 0 Å². The molecule has 3 nitrogen and oxygen atoms in total. The fourth-order valence-corrected chi connectivity index (χ4v) is 2.24. The van der Waals surface area contributed by atoms with E-state index in [2.05, 4.69) is 10.6 Å². The second-order valence-electron chi connectivity index (χ2n) is 5.29. The van der Waals surface area contributed by atoms with Crippen LogP contribution < -0.4 is 10.6 Å². The summed E-state index contributed by atoms with van der Waals surface area (Å²) in [7, 11) is 0. The van der Waals surface area contributed by atoms with E-state index in [1.54, 1.807) is 13.0 Å². The molecule has 1 amide bonds. The molecular formula is C16H23F3N2O. The molecule has 1 unspecified atom stereocenters. The van der Waals surface area contributed by atoms with Crippen LogP contribution in [0.25, 0.3) is 0 Å². The maximum absolute atomic E-state index is 13.0. The molecule has 0 heterocycles. The highest BCUT2D eigenvalue weighted by Crippen LogP contribution is 2.35. The zero-order chi connectivity index (χ0) is 16.6. The molecule has 0 aromatic heterocycles. The van der Waals surface area contributed by atoms with Crippen molar-refractivity contribution < 1.29 is 18.0 Å². The van der Waals surface area contributed by atoms with Crippen LogP contribution in [0.4, 0.5) is 13.2 Å². The van der Waals surface area contributed by atoms with Gasteiger partial charge in [-0.25, -0.2) is 0 Å². The standard InChI is InChI=1S/C16H23F3N2O/c1-3-8-20-9-10-21-15(22)11-12(2)13-6-4-5-7-14(13)16(17,18)19/h4-7,12,20H,3,8-11H2,1-2H3,(H,21,22). The first-order chi connectivity index (χ1) is 10.4. The first kappa shape index (κ1) is 18.5. The summed E-state index contributed by atoms with van der Waals surface area (Å²) in [6.07, 6.45) is -3.34. The third-order valence-corrected chi connectivity index (χ3v) is 3.34. The van der Waals surface area contributed by atoms with E-state index in [0.717, 1.165) is 19.0 Å². The van der Waals surface area contributed by atoms with Crippen LogP contribution >= 0.6 is 0 Å². The molecule has 0 saturated carbocycles. The zero-order valence-corrected chi connectivity index (χ0v) is 13.0. The molecule has 0 aliphatic carbocycles. The van der Waals surface area contributed by atoms with Crippen LogP contribution in [0.15, 0.2) is 24.3 Å². The van der Waals surface area contributed by atoms with E-state index >= 15 is 0 Å². The lowest BCUT2D eigenvalue weighted by molar-refractivity contribution is -0.138. The van der Waals surface area contributed by atoms with Crippen molar-refractivity contribution in [3.05, 3.63) is 35.4 Å². The van der Waals surface area contributed by atoms with Gasteiger partial charge in [0.1, 0.15) is 0 Å². The molecule has 124 valence electrons. The second kappa shape index (κ2) is 8.78. The molecular weight excluding hydrogens is 293 g/mol. The topological polar surface area (TPSA) is 41.1 Å². The molecule has 1 atom stereocenters. The number of carbonyl (C=O) groups excluding carboxylic acids is 1. The molecule has 0 aliphatic heterocycles. The first-order valence-corrected chi connectivity index (χ1v) is 7.49. The SMILES string of the molecule is CCCNCCNC(=O)CC(C)c1ccccc1C(F)(F)F. The quantitative estimate of drug-likeness (QED) is 0.723. The molecule has 0 saturated heterocycles. The molecule has 2 N–H and O–H groups in total. The Bertz CT molecular complexity index is 475. The van der Waals surface area contributed by atoms with Gasteiger partial charge in [0.15, 0.2) is 0 Å². The number of halogens is 3. The van der Waals surface area contributed by atoms with Crippen LogP contribution in [0.5, 0.6) is 0 Å². The number of carbonyl (C=O) groups is 1. The highest BCUT2D eigenvalue weighted by atomic mass is 19.4. The van der Waals surface area contributed by atoms with E-state index in [-0.39, 0.29) is 17.9 Å².